The topological polar surface area (TPSA) is 116 Å². The third-order valence-electron chi connectivity index (χ3n) is 3.10. The van der Waals surface area contributed by atoms with Crippen molar-refractivity contribution in [2.24, 2.45) is 0 Å². The second kappa shape index (κ2) is 7.26. The minimum atomic E-state index is -3.25. The van der Waals surface area contributed by atoms with Crippen molar-refractivity contribution in [1.29, 1.82) is 0 Å². The van der Waals surface area contributed by atoms with Crippen molar-refractivity contribution in [2.45, 2.75) is 19.4 Å². The summed E-state index contributed by atoms with van der Waals surface area (Å²) < 4.78 is 27.0. The van der Waals surface area contributed by atoms with Crippen LogP contribution in [-0.2, 0) is 19.4 Å². The lowest BCUT2D eigenvalue weighted by atomic mass is 10.1. The number of esters is 1. The number of nitrogens with one attached hydrogen (secondary N) is 1. The van der Waals surface area contributed by atoms with E-state index < -0.39 is 27.8 Å². The van der Waals surface area contributed by atoms with Crippen molar-refractivity contribution >= 4 is 27.4 Å². The lowest BCUT2D eigenvalue weighted by molar-refractivity contribution is -0.142. The third kappa shape index (κ3) is 5.36. The second-order valence-corrected chi connectivity index (χ2v) is 7.30. The Bertz CT molecular complexity index is 670. The van der Waals surface area contributed by atoms with Crippen LogP contribution in [0.2, 0.25) is 0 Å². The number of amides is 1. The van der Waals surface area contributed by atoms with Gasteiger partial charge in [-0.15, -0.1) is 0 Å². The highest BCUT2D eigenvalue weighted by molar-refractivity contribution is 7.90. The number of benzene rings is 1. The number of rotatable bonds is 6. The average molecular weight is 328 g/mol. The maximum atomic E-state index is 12.2. The van der Waals surface area contributed by atoms with E-state index in [-0.39, 0.29) is 12.2 Å². The predicted molar refractivity (Wildman–Crippen MR) is 83.2 cm³/mol. The Morgan fingerprint density at radius 3 is 2.50 bits per heavy atom. The molecule has 8 heteroatoms. The zero-order valence-electron chi connectivity index (χ0n) is 12.8. The molecule has 0 aliphatic carbocycles. The summed E-state index contributed by atoms with van der Waals surface area (Å²) in [7, 11) is -2.07. The van der Waals surface area contributed by atoms with Crippen LogP contribution in [0.4, 0.5) is 5.69 Å². The largest absolute Gasteiger partial charge is 0.467 e. The fourth-order valence-corrected chi connectivity index (χ4v) is 2.45. The molecule has 1 unspecified atom stereocenters. The molecule has 3 N–H and O–H groups in total. The van der Waals surface area contributed by atoms with Crippen molar-refractivity contribution in [3.8, 4) is 0 Å². The summed E-state index contributed by atoms with van der Waals surface area (Å²) >= 11 is 0. The van der Waals surface area contributed by atoms with E-state index in [1.54, 1.807) is 19.1 Å². The van der Waals surface area contributed by atoms with Gasteiger partial charge in [0.05, 0.1) is 12.9 Å². The van der Waals surface area contributed by atoms with E-state index >= 15 is 0 Å². The standard InChI is InChI=1S/C14H20N2O5S/c1-9-8-10(4-5-11(9)15)13(17)16-12(14(18)21-2)6-7-22(3,19)20/h4-5,8,12H,6-7,15H2,1-3H3,(H,16,17). The van der Waals surface area contributed by atoms with Gasteiger partial charge in [-0.2, -0.15) is 0 Å². The number of carbonyl (C=O) groups is 2. The average Bonchev–Trinajstić information content (AvgIpc) is 2.44. The van der Waals surface area contributed by atoms with Crippen molar-refractivity contribution in [3.05, 3.63) is 29.3 Å². The fourth-order valence-electron chi connectivity index (χ4n) is 1.78. The van der Waals surface area contributed by atoms with Gasteiger partial charge in [0, 0.05) is 17.5 Å². The highest BCUT2D eigenvalue weighted by Crippen LogP contribution is 2.13. The SMILES string of the molecule is COC(=O)C(CCS(C)(=O)=O)NC(=O)c1ccc(N)c(C)c1. The molecule has 0 heterocycles. The lowest BCUT2D eigenvalue weighted by Gasteiger charge is -2.16. The normalized spacial score (nSPS) is 12.5. The highest BCUT2D eigenvalue weighted by Gasteiger charge is 2.23. The molecule has 7 nitrogen and oxygen atoms in total. The number of anilines is 1. The monoisotopic (exact) mass is 328 g/mol. The molecule has 0 radical (unpaired) electrons. The van der Waals surface area contributed by atoms with Crippen LogP contribution in [0.5, 0.6) is 0 Å². The Labute approximate surface area is 129 Å². The van der Waals surface area contributed by atoms with Crippen LogP contribution in [0.15, 0.2) is 18.2 Å². The van der Waals surface area contributed by atoms with E-state index in [9.17, 15) is 18.0 Å². The number of sulfone groups is 1. The molecule has 0 aliphatic rings. The first-order chi connectivity index (χ1) is 10.1. The maximum Gasteiger partial charge on any atom is 0.328 e. The van der Waals surface area contributed by atoms with E-state index in [0.717, 1.165) is 11.8 Å². The number of nitrogen functional groups attached to an aromatic ring is 1. The number of hydrogen-bond donors (Lipinski definition) is 2. The van der Waals surface area contributed by atoms with Gasteiger partial charge in [-0.05, 0) is 37.1 Å². The minimum Gasteiger partial charge on any atom is -0.467 e. The molecule has 1 aromatic carbocycles. The Morgan fingerprint density at radius 1 is 1.36 bits per heavy atom. The lowest BCUT2D eigenvalue weighted by Crippen LogP contribution is -2.42. The molecule has 0 saturated carbocycles. The van der Waals surface area contributed by atoms with Crippen LogP contribution in [0, 0.1) is 6.92 Å². The van der Waals surface area contributed by atoms with Gasteiger partial charge in [0.2, 0.25) is 0 Å². The van der Waals surface area contributed by atoms with E-state index in [0.29, 0.717) is 11.3 Å². The number of carbonyl (C=O) groups excluding carboxylic acids is 2. The molecule has 1 amide bonds. The zero-order chi connectivity index (χ0) is 16.9. The number of hydrogen-bond acceptors (Lipinski definition) is 6. The molecule has 0 saturated heterocycles. The molecular formula is C14H20N2O5S. The summed E-state index contributed by atoms with van der Waals surface area (Å²) in [5, 5.41) is 2.48. The minimum absolute atomic E-state index is 0.0504. The molecule has 0 spiro atoms. The van der Waals surface area contributed by atoms with Crippen LogP contribution in [0.1, 0.15) is 22.3 Å². The van der Waals surface area contributed by atoms with Crippen LogP contribution >= 0.6 is 0 Å². The van der Waals surface area contributed by atoms with Crippen LogP contribution < -0.4 is 11.1 Å². The van der Waals surface area contributed by atoms with Crippen LogP contribution in [0.3, 0.4) is 0 Å². The van der Waals surface area contributed by atoms with Gasteiger partial charge < -0.3 is 15.8 Å². The Morgan fingerprint density at radius 2 is 2.00 bits per heavy atom. The molecule has 1 rings (SSSR count). The quantitative estimate of drug-likeness (QED) is 0.572. The molecule has 0 bridgehead atoms. The van der Waals surface area contributed by atoms with Gasteiger partial charge >= 0.3 is 5.97 Å². The van der Waals surface area contributed by atoms with Crippen molar-refractivity contribution < 1.29 is 22.7 Å². The predicted octanol–water partition coefficient (Wildman–Crippen LogP) is 0.283. The second-order valence-electron chi connectivity index (χ2n) is 5.04. The smallest absolute Gasteiger partial charge is 0.328 e. The van der Waals surface area contributed by atoms with Crippen molar-refractivity contribution in [3.63, 3.8) is 0 Å². The Hall–Kier alpha value is -2.09. The van der Waals surface area contributed by atoms with E-state index in [1.807, 2.05) is 0 Å². The van der Waals surface area contributed by atoms with Crippen molar-refractivity contribution in [1.82, 2.24) is 5.32 Å². The summed E-state index contributed by atoms with van der Waals surface area (Å²) in [6.07, 6.45) is 1.01. The number of aryl methyl sites for hydroxylation is 1. The molecule has 0 fully saturated rings. The molecule has 122 valence electrons. The van der Waals surface area contributed by atoms with Gasteiger partial charge in [-0.1, -0.05) is 0 Å². The fraction of sp³-hybridized carbons (Fsp3) is 0.429. The van der Waals surface area contributed by atoms with Gasteiger partial charge in [-0.3, -0.25) is 4.79 Å². The Kier molecular flexibility index (Phi) is 5.92. The molecule has 1 aromatic rings. The van der Waals surface area contributed by atoms with Gasteiger partial charge in [0.1, 0.15) is 15.9 Å². The highest BCUT2D eigenvalue weighted by atomic mass is 32.2. The van der Waals surface area contributed by atoms with Crippen molar-refractivity contribution in [2.75, 3.05) is 24.9 Å². The third-order valence-corrected chi connectivity index (χ3v) is 4.08. The number of nitrogens with two attached hydrogens (primary N) is 1. The first kappa shape index (κ1) is 18.0. The molecular weight excluding hydrogens is 308 g/mol. The summed E-state index contributed by atoms with van der Waals surface area (Å²) in [5.74, 6) is -1.41. The maximum absolute atomic E-state index is 12.2. The molecule has 22 heavy (non-hydrogen) atoms. The molecule has 0 aromatic heterocycles. The van der Waals surface area contributed by atoms with E-state index in [2.05, 4.69) is 10.1 Å². The van der Waals surface area contributed by atoms with E-state index in [1.165, 1.54) is 13.2 Å². The first-order valence-electron chi connectivity index (χ1n) is 6.56. The van der Waals surface area contributed by atoms with Crippen LogP contribution in [0.25, 0.3) is 0 Å². The number of methoxy groups -OCH3 is 1. The van der Waals surface area contributed by atoms with Gasteiger partial charge in [0.25, 0.3) is 5.91 Å². The Balaban J connectivity index is 2.86. The summed E-state index contributed by atoms with van der Waals surface area (Å²) in [6, 6.07) is 3.69. The van der Waals surface area contributed by atoms with Gasteiger partial charge in [-0.25, -0.2) is 13.2 Å². The molecule has 1 atom stereocenters. The van der Waals surface area contributed by atoms with E-state index in [4.69, 9.17) is 5.73 Å². The summed E-state index contributed by atoms with van der Waals surface area (Å²) in [6.45, 7) is 1.76. The number of ether oxygens (including phenoxy) is 1. The molecule has 0 aliphatic heterocycles. The van der Waals surface area contributed by atoms with Gasteiger partial charge in [0.15, 0.2) is 0 Å². The van der Waals surface area contributed by atoms with Crippen LogP contribution in [-0.4, -0.2) is 45.5 Å². The summed E-state index contributed by atoms with van der Waals surface area (Å²) in [5.41, 5.74) is 7.30. The first-order valence-corrected chi connectivity index (χ1v) is 8.62. The summed E-state index contributed by atoms with van der Waals surface area (Å²) in [4.78, 5) is 23.8. The zero-order valence-corrected chi connectivity index (χ0v) is 13.6.